The zero-order chi connectivity index (χ0) is 41.0. The molecule has 12 nitrogen and oxygen atoms in total. The fourth-order valence-corrected chi connectivity index (χ4v) is 7.93. The minimum absolute atomic E-state index is 0.0197. The summed E-state index contributed by atoms with van der Waals surface area (Å²) in [6.07, 6.45) is 0.136. The number of aliphatic hydroxyl groups is 1. The van der Waals surface area contributed by atoms with Gasteiger partial charge in [0.1, 0.15) is 6.04 Å². The fourth-order valence-electron chi connectivity index (χ4n) is 7.93. The third kappa shape index (κ3) is 12.0. The summed E-state index contributed by atoms with van der Waals surface area (Å²) in [6, 6.07) is 6.85. The highest BCUT2D eigenvalue weighted by Crippen LogP contribution is 2.30. The van der Waals surface area contributed by atoms with Crippen LogP contribution in [0.1, 0.15) is 107 Å². The Hall–Kier alpha value is -3.06. The first kappa shape index (κ1) is 47.1. The maximum atomic E-state index is 14.3. The molecule has 0 saturated carbocycles. The second kappa shape index (κ2) is 21.9. The van der Waals surface area contributed by atoms with Crippen LogP contribution in [0.25, 0.3) is 0 Å². The summed E-state index contributed by atoms with van der Waals surface area (Å²) in [5, 5.41) is 16.9. The summed E-state index contributed by atoms with van der Waals surface area (Å²) in [5.41, 5.74) is 0.711. The molecule has 1 aromatic carbocycles. The van der Waals surface area contributed by atoms with E-state index in [1.54, 1.807) is 44.9 Å². The Morgan fingerprint density at radius 3 is 2.00 bits per heavy atom. The van der Waals surface area contributed by atoms with Gasteiger partial charge in [-0.15, -0.1) is 0 Å². The third-order valence-corrected chi connectivity index (χ3v) is 11.6. The van der Waals surface area contributed by atoms with Gasteiger partial charge in [-0.2, -0.15) is 0 Å². The van der Waals surface area contributed by atoms with Crippen molar-refractivity contribution in [1.82, 2.24) is 25.3 Å². The van der Waals surface area contributed by atoms with Gasteiger partial charge >= 0.3 is 0 Å². The monoisotopic (exact) mass is 760 g/mol. The van der Waals surface area contributed by atoms with Crippen molar-refractivity contribution in [3.05, 3.63) is 35.9 Å². The zero-order valence-corrected chi connectivity index (χ0v) is 35.7. The second-order valence-electron chi connectivity index (χ2n) is 16.4. The van der Waals surface area contributed by atoms with E-state index in [-0.39, 0.29) is 59.9 Å². The molecule has 0 bridgehead atoms. The van der Waals surface area contributed by atoms with Crippen LogP contribution in [0.5, 0.6) is 0 Å². The largest absolute Gasteiger partial charge is 0.386 e. The number of aliphatic hydroxyl groups excluding tert-OH is 1. The molecule has 0 aliphatic carbocycles. The van der Waals surface area contributed by atoms with E-state index in [0.29, 0.717) is 18.5 Å². The van der Waals surface area contributed by atoms with Crippen LogP contribution in [0.2, 0.25) is 0 Å². The number of likely N-dealkylation sites (tertiary alicyclic amines) is 1. The Balaban J connectivity index is 2.27. The van der Waals surface area contributed by atoms with Crippen LogP contribution in [0.3, 0.4) is 0 Å². The second-order valence-corrected chi connectivity index (χ2v) is 16.4. The molecule has 1 aliphatic rings. The lowest BCUT2D eigenvalue weighted by Gasteiger charge is -2.41. The molecule has 308 valence electrons. The molecule has 1 aliphatic heterocycles. The Morgan fingerprint density at radius 2 is 1.50 bits per heavy atom. The summed E-state index contributed by atoms with van der Waals surface area (Å²) >= 11 is 0. The van der Waals surface area contributed by atoms with Gasteiger partial charge in [-0.1, -0.05) is 85.2 Å². The Bertz CT molecular complexity index is 1330. The summed E-state index contributed by atoms with van der Waals surface area (Å²) < 4.78 is 12.0. The van der Waals surface area contributed by atoms with Gasteiger partial charge in [0, 0.05) is 33.9 Å². The Labute approximate surface area is 326 Å². The molecular formula is C42H73N5O7. The van der Waals surface area contributed by atoms with Crippen molar-refractivity contribution in [3.63, 3.8) is 0 Å². The van der Waals surface area contributed by atoms with E-state index in [4.69, 9.17) is 9.47 Å². The molecular weight excluding hydrogens is 686 g/mol. The number of nitrogens with zero attached hydrogens (tertiary/aromatic N) is 3. The van der Waals surface area contributed by atoms with Crippen LogP contribution >= 0.6 is 0 Å². The number of ether oxygens (including phenoxy) is 2. The lowest BCUT2D eigenvalue weighted by atomic mass is 9.89. The van der Waals surface area contributed by atoms with Crippen LogP contribution in [0.4, 0.5) is 0 Å². The van der Waals surface area contributed by atoms with Crippen LogP contribution in [-0.2, 0) is 28.7 Å². The lowest BCUT2D eigenvalue weighted by molar-refractivity contribution is -0.148. The highest BCUT2D eigenvalue weighted by molar-refractivity contribution is 5.90. The number of benzene rings is 1. The van der Waals surface area contributed by atoms with E-state index >= 15 is 0 Å². The molecule has 1 heterocycles. The van der Waals surface area contributed by atoms with Gasteiger partial charge in [0.25, 0.3) is 0 Å². The number of hydrogen-bond acceptors (Lipinski definition) is 8. The molecule has 1 aromatic rings. The minimum Gasteiger partial charge on any atom is -0.386 e. The summed E-state index contributed by atoms with van der Waals surface area (Å²) in [4.78, 5) is 61.3. The van der Waals surface area contributed by atoms with Crippen molar-refractivity contribution in [2.75, 3.05) is 34.9 Å². The van der Waals surface area contributed by atoms with Crippen molar-refractivity contribution >= 4 is 23.6 Å². The number of nitrogens with one attached hydrogen (secondary N) is 2. The van der Waals surface area contributed by atoms with Gasteiger partial charge in [0.05, 0.1) is 54.8 Å². The molecule has 54 heavy (non-hydrogen) atoms. The summed E-state index contributed by atoms with van der Waals surface area (Å²) in [5.74, 6) is -1.57. The zero-order valence-electron chi connectivity index (χ0n) is 35.7. The number of carbonyl (C=O) groups is 4. The number of carbonyl (C=O) groups excluding carboxylic acids is 4. The highest BCUT2D eigenvalue weighted by atomic mass is 16.5. The van der Waals surface area contributed by atoms with Gasteiger partial charge in [-0.05, 0) is 64.0 Å². The number of methoxy groups -OCH3 is 2. The van der Waals surface area contributed by atoms with Crippen LogP contribution in [-0.4, -0.2) is 127 Å². The molecule has 4 amide bonds. The average Bonchev–Trinajstić information content (AvgIpc) is 3.62. The number of amides is 4. The van der Waals surface area contributed by atoms with Gasteiger partial charge in [0.2, 0.25) is 23.6 Å². The van der Waals surface area contributed by atoms with Crippen LogP contribution in [0.15, 0.2) is 30.3 Å². The van der Waals surface area contributed by atoms with Crippen LogP contribution in [0, 0.1) is 23.7 Å². The van der Waals surface area contributed by atoms with E-state index in [0.717, 1.165) is 12.8 Å². The van der Waals surface area contributed by atoms with Gasteiger partial charge in [-0.25, -0.2) is 0 Å². The van der Waals surface area contributed by atoms with Gasteiger partial charge < -0.3 is 35.0 Å². The van der Waals surface area contributed by atoms with Crippen LogP contribution < -0.4 is 10.6 Å². The Morgan fingerprint density at radius 1 is 0.889 bits per heavy atom. The maximum absolute atomic E-state index is 14.3. The van der Waals surface area contributed by atoms with E-state index in [9.17, 15) is 24.3 Å². The van der Waals surface area contributed by atoms with Crippen molar-refractivity contribution < 1.29 is 33.8 Å². The maximum Gasteiger partial charge on any atom is 0.245 e. The molecule has 1 saturated heterocycles. The van der Waals surface area contributed by atoms with E-state index < -0.39 is 48.4 Å². The molecule has 1 fully saturated rings. The topological polar surface area (TPSA) is 141 Å². The normalized spacial score (nSPS) is 19.9. The highest BCUT2D eigenvalue weighted by Gasteiger charge is 2.43. The van der Waals surface area contributed by atoms with Crippen molar-refractivity contribution in [2.24, 2.45) is 23.7 Å². The summed E-state index contributed by atoms with van der Waals surface area (Å²) in [7, 11) is 6.80. The van der Waals surface area contributed by atoms with Gasteiger partial charge in [0.15, 0.2) is 0 Å². The van der Waals surface area contributed by atoms with Crippen molar-refractivity contribution in [2.45, 2.75) is 149 Å². The van der Waals surface area contributed by atoms with E-state index in [1.807, 2.05) is 90.7 Å². The number of likely N-dealkylation sites (N-methyl/N-ethyl adjacent to an activating group) is 2. The third-order valence-electron chi connectivity index (χ3n) is 11.6. The number of rotatable bonds is 21. The van der Waals surface area contributed by atoms with E-state index in [1.165, 1.54) is 0 Å². The average molecular weight is 760 g/mol. The quantitative estimate of drug-likeness (QED) is 0.165. The Kier molecular flexibility index (Phi) is 19.1. The molecule has 3 N–H and O–H groups in total. The SMILES string of the molecule is CC[C@H](C)[C@@H](C(CC(=O)N1CCC[C@H]1[C@H](OC)[C@@H](C)C(=O)N[C@H](C)[C@@H](O)c1ccccc1)OC)N(C)C(=O)[C@@H](NC(=O)[C@H](C(C)C)N(C)C(C)C)C(C)C. The van der Waals surface area contributed by atoms with Crippen molar-refractivity contribution in [1.29, 1.82) is 0 Å². The molecule has 1 unspecified atom stereocenters. The predicted octanol–water partition coefficient (Wildman–Crippen LogP) is 4.65. The fraction of sp³-hybridized carbons (Fsp3) is 0.762. The smallest absolute Gasteiger partial charge is 0.245 e. The first-order valence-electron chi connectivity index (χ1n) is 20.0. The minimum atomic E-state index is -0.877. The number of hydrogen-bond donors (Lipinski definition) is 3. The molecule has 2 rings (SSSR count). The van der Waals surface area contributed by atoms with Gasteiger partial charge in [-0.3, -0.25) is 24.1 Å². The first-order chi connectivity index (χ1) is 25.3. The molecule has 0 aromatic heterocycles. The predicted molar refractivity (Wildman–Crippen MR) is 213 cm³/mol. The lowest BCUT2D eigenvalue weighted by Crippen LogP contribution is -2.60. The molecule has 0 spiro atoms. The van der Waals surface area contributed by atoms with Crippen molar-refractivity contribution in [3.8, 4) is 0 Å². The molecule has 12 heteroatoms. The molecule has 0 radical (unpaired) electrons. The molecule has 10 atom stereocenters. The standard InChI is InChI=1S/C42H73N5O7/c1-15-28(8)37(46(12)42(52)35(25(2)3)44-41(51)36(26(4)5)45(11)27(6)7)33(53-13)24-34(48)47-23-19-22-32(47)39(54-14)29(9)40(50)43-30(10)38(49)31-20-17-16-18-21-31/h16-18,20-21,25-30,32-33,35-39,49H,15,19,22-24H2,1-14H3,(H,43,50)(H,44,51)/t28-,29+,30+,32-,33?,35-,36-,37-,38+,39+/m0/s1. The first-order valence-corrected chi connectivity index (χ1v) is 20.0. The summed E-state index contributed by atoms with van der Waals surface area (Å²) in [6.45, 7) is 20.1. The van der Waals surface area contributed by atoms with E-state index in [2.05, 4.69) is 17.6 Å².